The van der Waals surface area contributed by atoms with Gasteiger partial charge in [-0.3, -0.25) is 0 Å². The summed E-state index contributed by atoms with van der Waals surface area (Å²) in [6, 6.07) is 12.8. The van der Waals surface area contributed by atoms with E-state index >= 15 is 0 Å². The molecule has 0 saturated heterocycles. The van der Waals surface area contributed by atoms with E-state index in [1.165, 1.54) is 22.6 Å². The fourth-order valence-corrected chi connectivity index (χ4v) is 2.64. The molecule has 2 nitrogen and oxygen atoms in total. The molecule has 22 heavy (non-hydrogen) atoms. The second-order valence-corrected chi connectivity index (χ2v) is 6.44. The number of halogens is 2. The van der Waals surface area contributed by atoms with Crippen LogP contribution in [0, 0.1) is 5.82 Å². The van der Waals surface area contributed by atoms with Gasteiger partial charge in [0.15, 0.2) is 5.11 Å². The molecule has 0 saturated carbocycles. The van der Waals surface area contributed by atoms with Crippen molar-refractivity contribution in [1.82, 2.24) is 4.90 Å². The monoisotopic (exact) mass is 354 g/mol. The number of hydrogen-bond donors (Lipinski definition) is 1. The molecule has 0 aliphatic carbocycles. The SMILES string of the molecule is CSc1ccc(CN(C)C(=S)Nc2ccc(F)c(Cl)c2)cc1. The summed E-state index contributed by atoms with van der Waals surface area (Å²) in [5, 5.41) is 3.68. The molecule has 0 spiro atoms. The predicted molar refractivity (Wildman–Crippen MR) is 97.3 cm³/mol. The van der Waals surface area contributed by atoms with E-state index in [-0.39, 0.29) is 5.02 Å². The molecule has 6 heteroatoms. The number of thiocarbonyl (C=S) groups is 1. The van der Waals surface area contributed by atoms with Gasteiger partial charge < -0.3 is 10.2 Å². The van der Waals surface area contributed by atoms with Crippen molar-refractivity contribution in [2.45, 2.75) is 11.4 Å². The van der Waals surface area contributed by atoms with Crippen molar-refractivity contribution in [1.29, 1.82) is 0 Å². The smallest absolute Gasteiger partial charge is 0.173 e. The van der Waals surface area contributed by atoms with Gasteiger partial charge in [-0.1, -0.05) is 23.7 Å². The van der Waals surface area contributed by atoms with E-state index in [0.29, 0.717) is 17.3 Å². The molecule has 2 aromatic rings. The van der Waals surface area contributed by atoms with Crippen LogP contribution in [-0.2, 0) is 6.54 Å². The van der Waals surface area contributed by atoms with Crippen LogP contribution < -0.4 is 5.32 Å². The molecule has 116 valence electrons. The lowest BCUT2D eigenvalue weighted by Crippen LogP contribution is -2.30. The highest BCUT2D eigenvalue weighted by Crippen LogP contribution is 2.20. The van der Waals surface area contributed by atoms with Gasteiger partial charge in [-0.2, -0.15) is 0 Å². The quantitative estimate of drug-likeness (QED) is 0.611. The number of hydrogen-bond acceptors (Lipinski definition) is 2. The maximum absolute atomic E-state index is 13.1. The van der Waals surface area contributed by atoms with Crippen LogP contribution in [0.2, 0.25) is 5.02 Å². The van der Waals surface area contributed by atoms with Gasteiger partial charge in [-0.05, 0) is 54.4 Å². The van der Waals surface area contributed by atoms with Crippen LogP contribution in [-0.4, -0.2) is 23.3 Å². The van der Waals surface area contributed by atoms with Crippen LogP contribution in [0.3, 0.4) is 0 Å². The minimum Gasteiger partial charge on any atom is -0.348 e. The van der Waals surface area contributed by atoms with Crippen LogP contribution in [0.1, 0.15) is 5.56 Å². The summed E-state index contributed by atoms with van der Waals surface area (Å²) in [5.74, 6) is -0.444. The zero-order valence-electron chi connectivity index (χ0n) is 12.3. The Morgan fingerprint density at radius 2 is 1.95 bits per heavy atom. The first-order valence-corrected chi connectivity index (χ1v) is 8.61. The van der Waals surface area contributed by atoms with E-state index in [4.69, 9.17) is 23.8 Å². The number of nitrogens with one attached hydrogen (secondary N) is 1. The maximum Gasteiger partial charge on any atom is 0.173 e. The molecule has 1 N–H and O–H groups in total. The van der Waals surface area contributed by atoms with E-state index in [1.807, 2.05) is 18.2 Å². The molecule has 0 fully saturated rings. The minimum absolute atomic E-state index is 0.0723. The molecule has 0 bridgehead atoms. The third kappa shape index (κ3) is 4.60. The van der Waals surface area contributed by atoms with Crippen LogP contribution in [0.25, 0.3) is 0 Å². The highest BCUT2D eigenvalue weighted by atomic mass is 35.5. The second kappa shape index (κ2) is 7.81. The van der Waals surface area contributed by atoms with Gasteiger partial charge >= 0.3 is 0 Å². The lowest BCUT2D eigenvalue weighted by atomic mass is 10.2. The fourth-order valence-electron chi connectivity index (χ4n) is 1.87. The van der Waals surface area contributed by atoms with Crippen molar-refractivity contribution in [3.8, 4) is 0 Å². The normalized spacial score (nSPS) is 10.4. The van der Waals surface area contributed by atoms with E-state index in [9.17, 15) is 4.39 Å². The largest absolute Gasteiger partial charge is 0.348 e. The van der Waals surface area contributed by atoms with Crippen LogP contribution >= 0.6 is 35.6 Å². The molecule has 0 aliphatic heterocycles. The molecule has 0 radical (unpaired) electrons. The number of anilines is 1. The molecule has 0 unspecified atom stereocenters. The van der Waals surface area contributed by atoms with E-state index < -0.39 is 5.82 Å². The molecule has 2 rings (SSSR count). The molecule has 0 aliphatic rings. The zero-order valence-corrected chi connectivity index (χ0v) is 14.7. The average Bonchev–Trinajstić information content (AvgIpc) is 2.51. The van der Waals surface area contributed by atoms with Crippen LogP contribution in [0.15, 0.2) is 47.4 Å². The van der Waals surface area contributed by atoms with Crippen molar-refractivity contribution >= 4 is 46.4 Å². The van der Waals surface area contributed by atoms with E-state index in [1.54, 1.807) is 17.8 Å². The van der Waals surface area contributed by atoms with Crippen molar-refractivity contribution in [2.75, 3.05) is 18.6 Å². The van der Waals surface area contributed by atoms with Gasteiger partial charge in [0.2, 0.25) is 0 Å². The lowest BCUT2D eigenvalue weighted by molar-refractivity contribution is 0.508. The second-order valence-electron chi connectivity index (χ2n) is 4.76. The summed E-state index contributed by atoms with van der Waals surface area (Å²) in [6.45, 7) is 0.690. The molecule has 0 aromatic heterocycles. The van der Waals surface area contributed by atoms with Gasteiger partial charge in [0, 0.05) is 24.2 Å². The topological polar surface area (TPSA) is 15.3 Å². The Bertz CT molecular complexity index is 662. The summed E-state index contributed by atoms with van der Waals surface area (Å²) in [7, 11) is 1.91. The molecule has 0 heterocycles. The Balaban J connectivity index is 1.97. The highest BCUT2D eigenvalue weighted by molar-refractivity contribution is 7.98. The Labute approximate surface area is 144 Å². The molecule has 0 atom stereocenters. The summed E-state index contributed by atoms with van der Waals surface area (Å²) >= 11 is 12.8. The van der Waals surface area contributed by atoms with Crippen LogP contribution in [0.4, 0.5) is 10.1 Å². The van der Waals surface area contributed by atoms with Gasteiger partial charge in [0.25, 0.3) is 0 Å². The zero-order chi connectivity index (χ0) is 16.1. The van der Waals surface area contributed by atoms with Crippen LogP contribution in [0.5, 0.6) is 0 Å². The predicted octanol–water partition coefficient (Wildman–Crippen LogP) is 5.03. The summed E-state index contributed by atoms with van der Waals surface area (Å²) in [6.07, 6.45) is 2.05. The summed E-state index contributed by atoms with van der Waals surface area (Å²) < 4.78 is 13.1. The molecular weight excluding hydrogens is 339 g/mol. The number of benzene rings is 2. The highest BCUT2D eigenvalue weighted by Gasteiger charge is 2.07. The standard InChI is InChI=1S/C16H16ClFN2S2/c1-20(10-11-3-6-13(22-2)7-4-11)16(21)19-12-5-8-15(18)14(17)9-12/h3-9H,10H2,1-2H3,(H,19,21). The number of nitrogens with zero attached hydrogens (tertiary/aromatic N) is 1. The van der Waals surface area contributed by atoms with Gasteiger partial charge in [0.05, 0.1) is 5.02 Å². The van der Waals surface area contributed by atoms with Gasteiger partial charge in [-0.15, -0.1) is 11.8 Å². The Morgan fingerprint density at radius 1 is 1.27 bits per heavy atom. The first-order chi connectivity index (χ1) is 10.5. The number of rotatable bonds is 4. The first-order valence-electron chi connectivity index (χ1n) is 6.59. The molecule has 2 aromatic carbocycles. The maximum atomic E-state index is 13.1. The summed E-state index contributed by atoms with van der Waals surface area (Å²) in [5.41, 5.74) is 1.84. The van der Waals surface area contributed by atoms with Gasteiger partial charge in [0.1, 0.15) is 5.82 Å². The van der Waals surface area contributed by atoms with Crippen molar-refractivity contribution in [3.63, 3.8) is 0 Å². The lowest BCUT2D eigenvalue weighted by Gasteiger charge is -2.21. The average molecular weight is 355 g/mol. The van der Waals surface area contributed by atoms with Crippen molar-refractivity contribution < 1.29 is 4.39 Å². The van der Waals surface area contributed by atoms with Gasteiger partial charge in [-0.25, -0.2) is 4.39 Å². The van der Waals surface area contributed by atoms with E-state index in [0.717, 1.165) is 0 Å². The third-order valence-electron chi connectivity index (χ3n) is 3.10. The Hall–Kier alpha value is -1.30. The molecular formula is C16H16ClFN2S2. The minimum atomic E-state index is -0.444. The molecule has 0 amide bonds. The summed E-state index contributed by atoms with van der Waals surface area (Å²) in [4.78, 5) is 3.15. The first kappa shape index (κ1) is 17.1. The Morgan fingerprint density at radius 3 is 2.55 bits per heavy atom. The van der Waals surface area contributed by atoms with E-state index in [2.05, 4.69) is 29.6 Å². The van der Waals surface area contributed by atoms with Crippen molar-refractivity contribution in [3.05, 3.63) is 58.9 Å². The van der Waals surface area contributed by atoms with Crippen molar-refractivity contribution in [2.24, 2.45) is 0 Å². The number of thioether (sulfide) groups is 1. The fraction of sp³-hybridized carbons (Fsp3) is 0.188. The Kier molecular flexibility index (Phi) is 6.06. The third-order valence-corrected chi connectivity index (χ3v) is 4.54.